The third-order valence-electron chi connectivity index (χ3n) is 2.70. The zero-order chi connectivity index (χ0) is 15.1. The van der Waals surface area contributed by atoms with Gasteiger partial charge in [0.15, 0.2) is 0 Å². The number of amidine groups is 1. The molecule has 1 heterocycles. The Kier molecular flexibility index (Phi) is 3.36. The van der Waals surface area contributed by atoms with E-state index in [2.05, 4.69) is 11.7 Å². The highest BCUT2D eigenvalue weighted by atomic mass is 35.5. The van der Waals surface area contributed by atoms with Crippen LogP contribution in [-0.4, -0.2) is 24.0 Å². The summed E-state index contributed by atoms with van der Waals surface area (Å²) in [6.07, 6.45) is -4.59. The highest BCUT2D eigenvalue weighted by Gasteiger charge is 2.44. The SMILES string of the molecule is C=C1N(C)C(C(F)(F)F)=NN1c1ccc(C#N)cc1Cl. The van der Waals surface area contributed by atoms with Crippen molar-refractivity contribution in [3.8, 4) is 6.07 Å². The predicted octanol–water partition coefficient (Wildman–Crippen LogP) is 3.31. The number of alkyl halides is 3. The van der Waals surface area contributed by atoms with Crippen molar-refractivity contribution in [3.63, 3.8) is 0 Å². The fourth-order valence-corrected chi connectivity index (χ4v) is 1.93. The molecular weight excluding hydrogens is 293 g/mol. The molecule has 104 valence electrons. The Hall–Kier alpha value is -2.20. The fraction of sp³-hybridized carbons (Fsp3) is 0.167. The molecule has 4 nitrogen and oxygen atoms in total. The average Bonchev–Trinajstić information content (AvgIpc) is 2.66. The lowest BCUT2D eigenvalue weighted by Crippen LogP contribution is -2.34. The lowest BCUT2D eigenvalue weighted by atomic mass is 10.2. The molecule has 0 amide bonds. The van der Waals surface area contributed by atoms with Crippen LogP contribution in [-0.2, 0) is 0 Å². The molecule has 1 aromatic carbocycles. The van der Waals surface area contributed by atoms with Gasteiger partial charge in [-0.25, -0.2) is 5.01 Å². The van der Waals surface area contributed by atoms with E-state index in [-0.39, 0.29) is 16.5 Å². The normalized spacial score (nSPS) is 15.4. The Balaban J connectivity index is 2.47. The minimum absolute atomic E-state index is 0.0175. The van der Waals surface area contributed by atoms with Gasteiger partial charge in [0.1, 0.15) is 5.82 Å². The van der Waals surface area contributed by atoms with Gasteiger partial charge in [-0.2, -0.15) is 18.4 Å². The van der Waals surface area contributed by atoms with Crippen molar-refractivity contribution < 1.29 is 13.2 Å². The summed E-state index contributed by atoms with van der Waals surface area (Å²) in [4.78, 5) is 0.828. The third kappa shape index (κ3) is 2.30. The summed E-state index contributed by atoms with van der Waals surface area (Å²) in [5.74, 6) is -1.06. The first-order valence-electron chi connectivity index (χ1n) is 5.34. The number of rotatable bonds is 1. The number of hydrogen-bond acceptors (Lipinski definition) is 4. The van der Waals surface area contributed by atoms with Gasteiger partial charge in [0.25, 0.3) is 0 Å². The Labute approximate surface area is 118 Å². The van der Waals surface area contributed by atoms with Crippen LogP contribution in [0.25, 0.3) is 0 Å². The first-order chi connectivity index (χ1) is 9.25. The second-order valence-electron chi connectivity index (χ2n) is 3.99. The molecule has 0 fully saturated rings. The number of hydrazone groups is 1. The zero-order valence-corrected chi connectivity index (χ0v) is 11.0. The quantitative estimate of drug-likeness (QED) is 0.799. The fourth-order valence-electron chi connectivity index (χ4n) is 1.67. The molecule has 0 bridgehead atoms. The summed E-state index contributed by atoms with van der Waals surface area (Å²) in [6.45, 7) is 3.55. The van der Waals surface area contributed by atoms with Gasteiger partial charge >= 0.3 is 6.18 Å². The summed E-state index contributed by atoms with van der Waals surface area (Å²) in [6, 6.07) is 6.10. The molecule has 0 radical (unpaired) electrons. The molecule has 1 aliphatic heterocycles. The second kappa shape index (κ2) is 4.72. The monoisotopic (exact) mass is 300 g/mol. The number of halogens is 4. The maximum atomic E-state index is 12.8. The van der Waals surface area contributed by atoms with Crippen LogP contribution in [0.1, 0.15) is 5.56 Å². The maximum absolute atomic E-state index is 12.8. The molecule has 0 saturated carbocycles. The summed E-state index contributed by atoms with van der Waals surface area (Å²) in [5.41, 5.74) is 0.527. The number of benzene rings is 1. The van der Waals surface area contributed by atoms with Crippen LogP contribution in [0.2, 0.25) is 5.02 Å². The number of anilines is 1. The summed E-state index contributed by atoms with van der Waals surface area (Å²) in [7, 11) is 1.21. The molecule has 0 saturated heterocycles. The van der Waals surface area contributed by atoms with Crippen LogP contribution in [0.5, 0.6) is 0 Å². The highest BCUT2D eigenvalue weighted by molar-refractivity contribution is 6.33. The van der Waals surface area contributed by atoms with Gasteiger partial charge in [0.2, 0.25) is 5.84 Å². The first kappa shape index (κ1) is 14.2. The topological polar surface area (TPSA) is 42.6 Å². The number of hydrogen-bond donors (Lipinski definition) is 0. The maximum Gasteiger partial charge on any atom is 0.451 e. The average molecular weight is 301 g/mol. The van der Waals surface area contributed by atoms with E-state index < -0.39 is 12.0 Å². The highest BCUT2D eigenvalue weighted by Crippen LogP contribution is 2.35. The van der Waals surface area contributed by atoms with E-state index in [0.717, 1.165) is 9.91 Å². The van der Waals surface area contributed by atoms with Crippen molar-refractivity contribution in [2.24, 2.45) is 5.10 Å². The molecule has 0 unspecified atom stereocenters. The molecule has 0 atom stereocenters. The first-order valence-corrected chi connectivity index (χ1v) is 5.71. The van der Waals surface area contributed by atoms with Crippen LogP contribution in [0.3, 0.4) is 0 Å². The van der Waals surface area contributed by atoms with E-state index in [1.54, 1.807) is 0 Å². The number of nitriles is 1. The molecule has 2 rings (SSSR count). The lowest BCUT2D eigenvalue weighted by Gasteiger charge is -2.20. The van der Waals surface area contributed by atoms with Crippen molar-refractivity contribution in [2.75, 3.05) is 12.1 Å². The van der Waals surface area contributed by atoms with Crippen LogP contribution in [0.15, 0.2) is 35.7 Å². The predicted molar refractivity (Wildman–Crippen MR) is 69.0 cm³/mol. The largest absolute Gasteiger partial charge is 0.451 e. The molecule has 0 aromatic heterocycles. The van der Waals surface area contributed by atoms with E-state index in [0.29, 0.717) is 5.56 Å². The molecule has 1 aliphatic rings. The smallest absolute Gasteiger partial charge is 0.309 e. The van der Waals surface area contributed by atoms with E-state index in [1.807, 2.05) is 6.07 Å². The van der Waals surface area contributed by atoms with Crippen molar-refractivity contribution in [3.05, 3.63) is 41.2 Å². The van der Waals surface area contributed by atoms with Crippen molar-refractivity contribution in [2.45, 2.75) is 6.18 Å². The van der Waals surface area contributed by atoms with Crippen LogP contribution >= 0.6 is 11.6 Å². The molecule has 1 aromatic rings. The molecule has 0 N–H and O–H groups in total. The van der Waals surface area contributed by atoms with Gasteiger partial charge in [-0.15, -0.1) is 5.10 Å². The standard InChI is InChI=1S/C12H8ClF3N4/c1-7-19(2)11(12(14,15)16)18-20(7)10-4-3-8(6-17)5-9(10)13/h3-5H,1H2,2H3. The van der Waals surface area contributed by atoms with Gasteiger partial charge in [0.05, 0.1) is 22.3 Å². The second-order valence-corrected chi connectivity index (χ2v) is 4.39. The Morgan fingerprint density at radius 3 is 2.50 bits per heavy atom. The zero-order valence-electron chi connectivity index (χ0n) is 10.2. The van der Waals surface area contributed by atoms with Crippen molar-refractivity contribution in [1.29, 1.82) is 5.26 Å². The van der Waals surface area contributed by atoms with Gasteiger partial charge in [-0.3, -0.25) is 0 Å². The Bertz CT molecular complexity index is 645. The summed E-state index contributed by atoms with van der Waals surface area (Å²) in [5, 5.41) is 13.3. The van der Waals surface area contributed by atoms with Gasteiger partial charge < -0.3 is 4.90 Å². The van der Waals surface area contributed by atoms with Crippen LogP contribution in [0.4, 0.5) is 18.9 Å². The Morgan fingerprint density at radius 1 is 1.40 bits per heavy atom. The van der Waals surface area contributed by atoms with Crippen LogP contribution in [0, 0.1) is 11.3 Å². The molecule has 8 heteroatoms. The lowest BCUT2D eigenvalue weighted by molar-refractivity contribution is -0.0655. The van der Waals surface area contributed by atoms with Crippen molar-refractivity contribution >= 4 is 23.1 Å². The molecule has 0 spiro atoms. The Morgan fingerprint density at radius 2 is 2.05 bits per heavy atom. The molecule has 0 aliphatic carbocycles. The minimum atomic E-state index is -4.59. The molecular formula is C12H8ClF3N4. The van der Waals surface area contributed by atoms with E-state index in [1.165, 1.54) is 25.2 Å². The summed E-state index contributed by atoms with van der Waals surface area (Å²) >= 11 is 5.96. The number of nitrogens with zero attached hydrogens (tertiary/aromatic N) is 4. The van der Waals surface area contributed by atoms with Gasteiger partial charge in [0, 0.05) is 7.05 Å². The van der Waals surface area contributed by atoms with Gasteiger partial charge in [-0.05, 0) is 18.2 Å². The summed E-state index contributed by atoms with van der Waals surface area (Å²) < 4.78 is 38.3. The minimum Gasteiger partial charge on any atom is -0.309 e. The van der Waals surface area contributed by atoms with Crippen molar-refractivity contribution in [1.82, 2.24) is 4.90 Å². The van der Waals surface area contributed by atoms with E-state index in [9.17, 15) is 13.2 Å². The van der Waals surface area contributed by atoms with E-state index >= 15 is 0 Å². The van der Waals surface area contributed by atoms with Crippen LogP contribution < -0.4 is 5.01 Å². The molecule has 20 heavy (non-hydrogen) atoms. The van der Waals surface area contributed by atoms with E-state index in [4.69, 9.17) is 16.9 Å². The third-order valence-corrected chi connectivity index (χ3v) is 3.01. The van der Waals surface area contributed by atoms with Gasteiger partial charge in [-0.1, -0.05) is 18.2 Å².